The predicted octanol–water partition coefficient (Wildman–Crippen LogP) is 9.40. The fraction of sp³-hybridized carbons (Fsp3) is 0.902. The molecule has 0 saturated carbocycles. The average Bonchev–Trinajstić information content (AvgIpc) is 3.27. The molecule has 8 N–H and O–H groups in total. The van der Waals surface area contributed by atoms with Crippen molar-refractivity contribution in [2.24, 2.45) is 0 Å². The van der Waals surface area contributed by atoms with E-state index in [2.05, 4.69) is 43.5 Å². The van der Waals surface area contributed by atoms with E-state index in [0.29, 0.717) is 12.8 Å². The van der Waals surface area contributed by atoms with E-state index in [4.69, 9.17) is 9.47 Å². The van der Waals surface area contributed by atoms with Crippen LogP contribution in [0.4, 0.5) is 0 Å². The van der Waals surface area contributed by atoms with Gasteiger partial charge in [-0.15, -0.1) is 0 Å². The van der Waals surface area contributed by atoms with Crippen molar-refractivity contribution in [3.63, 3.8) is 0 Å². The highest BCUT2D eigenvalue weighted by atomic mass is 16.7. The Hall–Kier alpha value is -1.41. The van der Waals surface area contributed by atoms with E-state index in [-0.39, 0.29) is 12.8 Å². The highest BCUT2D eigenvalue weighted by Crippen LogP contribution is 2.23. The first-order valence-electron chi connectivity index (χ1n) is 25.7. The summed E-state index contributed by atoms with van der Waals surface area (Å²) in [6.07, 6.45) is 35.4. The molecular weight excluding hydrogens is 787 g/mol. The molecular formula is C51H97NO10. The van der Waals surface area contributed by atoms with Crippen LogP contribution in [0.25, 0.3) is 0 Å². The van der Waals surface area contributed by atoms with E-state index >= 15 is 0 Å². The molecule has 62 heavy (non-hydrogen) atoms. The van der Waals surface area contributed by atoms with Gasteiger partial charge < -0.3 is 50.5 Å². The molecule has 0 aromatic heterocycles. The number of nitrogens with one attached hydrogen (secondary N) is 1. The number of aliphatic hydroxyl groups excluding tert-OH is 7. The molecule has 0 spiro atoms. The Morgan fingerprint density at radius 1 is 0.548 bits per heavy atom. The summed E-state index contributed by atoms with van der Waals surface area (Å²) in [5, 5.41) is 75.6. The van der Waals surface area contributed by atoms with Crippen LogP contribution < -0.4 is 5.32 Å². The third-order valence-corrected chi connectivity index (χ3v) is 12.5. The van der Waals surface area contributed by atoms with Crippen LogP contribution in [0.2, 0.25) is 0 Å². The fourth-order valence-corrected chi connectivity index (χ4v) is 8.20. The van der Waals surface area contributed by atoms with Crippen LogP contribution in [0.5, 0.6) is 0 Å². The van der Waals surface area contributed by atoms with Crippen LogP contribution in [-0.2, 0) is 14.3 Å². The summed E-state index contributed by atoms with van der Waals surface area (Å²) in [6, 6.07) is -1.18. The first-order chi connectivity index (χ1) is 30.2. The lowest BCUT2D eigenvalue weighted by Crippen LogP contribution is -2.60. The summed E-state index contributed by atoms with van der Waals surface area (Å²) >= 11 is 0. The van der Waals surface area contributed by atoms with Gasteiger partial charge in [0.15, 0.2) is 6.29 Å². The summed E-state index contributed by atoms with van der Waals surface area (Å²) in [6.45, 7) is 3.40. The minimum atomic E-state index is -1.67. The summed E-state index contributed by atoms with van der Waals surface area (Å²) in [5.74, 6) is -0.709. The monoisotopic (exact) mass is 884 g/mol. The highest BCUT2D eigenvalue weighted by Gasteiger charge is 2.44. The first-order valence-corrected chi connectivity index (χ1v) is 25.7. The van der Waals surface area contributed by atoms with Gasteiger partial charge in [0.25, 0.3) is 0 Å². The summed E-state index contributed by atoms with van der Waals surface area (Å²) in [7, 11) is 0. The molecule has 9 atom stereocenters. The molecule has 1 amide bonds. The number of rotatable bonds is 43. The maximum Gasteiger partial charge on any atom is 0.249 e. The molecule has 1 fully saturated rings. The Kier molecular flexibility index (Phi) is 38.8. The zero-order valence-corrected chi connectivity index (χ0v) is 39.6. The number of unbranched alkanes of at least 4 members (excludes halogenated alkanes) is 27. The van der Waals surface area contributed by atoms with Gasteiger partial charge in [-0.05, 0) is 64.2 Å². The van der Waals surface area contributed by atoms with E-state index in [1.807, 2.05) is 0 Å². The quantitative estimate of drug-likeness (QED) is 0.0216. The average molecular weight is 884 g/mol. The number of carbonyl (C=O) groups is 1. The molecule has 1 rings (SSSR count). The topological polar surface area (TPSA) is 189 Å². The maximum absolute atomic E-state index is 13.1. The van der Waals surface area contributed by atoms with Gasteiger partial charge in [0.1, 0.15) is 36.6 Å². The van der Waals surface area contributed by atoms with E-state index in [1.165, 1.54) is 148 Å². The second-order valence-corrected chi connectivity index (χ2v) is 18.2. The second-order valence-electron chi connectivity index (χ2n) is 18.2. The first kappa shape index (κ1) is 58.6. The second kappa shape index (κ2) is 41.1. The fourth-order valence-electron chi connectivity index (χ4n) is 8.20. The molecule has 1 aliphatic rings. The lowest BCUT2D eigenvalue weighted by atomic mass is 9.98. The molecule has 0 bridgehead atoms. The van der Waals surface area contributed by atoms with Gasteiger partial charge >= 0.3 is 0 Å². The van der Waals surface area contributed by atoms with Gasteiger partial charge in [-0.3, -0.25) is 4.79 Å². The van der Waals surface area contributed by atoms with Crippen molar-refractivity contribution in [2.75, 3.05) is 13.2 Å². The molecule has 0 aromatic carbocycles. The minimum absolute atomic E-state index is 0.253. The smallest absolute Gasteiger partial charge is 0.249 e. The molecule has 1 saturated heterocycles. The number of amides is 1. The lowest BCUT2D eigenvalue weighted by Gasteiger charge is -2.40. The minimum Gasteiger partial charge on any atom is -0.394 e. The van der Waals surface area contributed by atoms with Gasteiger partial charge in [0.05, 0.1) is 25.4 Å². The van der Waals surface area contributed by atoms with Crippen molar-refractivity contribution in [3.05, 3.63) is 24.3 Å². The Labute approximate surface area is 378 Å². The van der Waals surface area contributed by atoms with Crippen molar-refractivity contribution >= 4 is 5.91 Å². The van der Waals surface area contributed by atoms with E-state index < -0.39 is 74.2 Å². The largest absolute Gasteiger partial charge is 0.394 e. The van der Waals surface area contributed by atoms with Crippen molar-refractivity contribution in [1.29, 1.82) is 0 Å². The molecule has 0 aromatic rings. The Bertz CT molecular complexity index is 1060. The molecule has 1 aliphatic heterocycles. The predicted molar refractivity (Wildman–Crippen MR) is 252 cm³/mol. The Morgan fingerprint density at radius 3 is 1.39 bits per heavy atom. The SMILES string of the molecule is CCCCCCC/C=C/CCCC(O)C(O)C(COC1OC(CO)C(O)C(O)C1O)NC(=O)C(O)CCCCCCCCCCC/C=C\CCCCCCCCCCCCCC. The maximum atomic E-state index is 13.1. The standard InChI is InChI=1S/C51H97NO10/c1-3-5-7-9-11-13-15-16-17-18-19-20-21-22-23-24-25-26-27-28-29-31-33-35-37-39-44(55)50(60)52-42(41-61-51-49(59)48(58)47(57)45(40-53)62-51)46(56)43(54)38-36-34-32-30-14-12-10-8-6-4-2/h22-23,30,32,42-49,51,53-59H,3-21,24-29,31,33-41H2,1-2H3,(H,52,60)/b23-22-,32-30+. The van der Waals surface area contributed by atoms with Crippen LogP contribution in [0, 0.1) is 0 Å². The summed E-state index contributed by atoms with van der Waals surface area (Å²) in [5.41, 5.74) is 0. The van der Waals surface area contributed by atoms with Gasteiger partial charge in [-0.25, -0.2) is 0 Å². The summed E-state index contributed by atoms with van der Waals surface area (Å²) < 4.78 is 11.1. The number of allylic oxidation sites excluding steroid dienone is 4. The number of aliphatic hydroxyl groups is 7. The molecule has 0 radical (unpaired) electrons. The van der Waals surface area contributed by atoms with E-state index in [0.717, 1.165) is 38.5 Å². The van der Waals surface area contributed by atoms with Crippen molar-refractivity contribution in [1.82, 2.24) is 5.32 Å². The van der Waals surface area contributed by atoms with Crippen molar-refractivity contribution < 1.29 is 50.0 Å². The Balaban J connectivity index is 2.30. The van der Waals surface area contributed by atoms with E-state index in [1.54, 1.807) is 0 Å². The van der Waals surface area contributed by atoms with E-state index in [9.17, 15) is 40.5 Å². The number of ether oxygens (including phenoxy) is 2. The van der Waals surface area contributed by atoms with Crippen LogP contribution in [0.1, 0.15) is 226 Å². The highest BCUT2D eigenvalue weighted by molar-refractivity contribution is 5.80. The molecule has 11 heteroatoms. The van der Waals surface area contributed by atoms with Crippen molar-refractivity contribution in [2.45, 2.75) is 281 Å². The number of hydrogen-bond acceptors (Lipinski definition) is 10. The van der Waals surface area contributed by atoms with Crippen LogP contribution in [0.15, 0.2) is 24.3 Å². The molecule has 366 valence electrons. The number of hydrogen-bond donors (Lipinski definition) is 8. The third kappa shape index (κ3) is 29.9. The molecule has 0 aliphatic carbocycles. The third-order valence-electron chi connectivity index (χ3n) is 12.5. The Morgan fingerprint density at radius 2 is 0.952 bits per heavy atom. The zero-order valence-electron chi connectivity index (χ0n) is 39.6. The van der Waals surface area contributed by atoms with Crippen molar-refractivity contribution in [3.8, 4) is 0 Å². The van der Waals surface area contributed by atoms with Crippen LogP contribution in [-0.4, -0.2) is 110 Å². The van der Waals surface area contributed by atoms with Crippen LogP contribution >= 0.6 is 0 Å². The molecule has 1 heterocycles. The lowest BCUT2D eigenvalue weighted by molar-refractivity contribution is -0.303. The van der Waals surface area contributed by atoms with Gasteiger partial charge in [-0.2, -0.15) is 0 Å². The summed E-state index contributed by atoms with van der Waals surface area (Å²) in [4.78, 5) is 13.1. The number of carbonyl (C=O) groups excluding carboxylic acids is 1. The molecule has 11 nitrogen and oxygen atoms in total. The molecule has 9 unspecified atom stereocenters. The van der Waals surface area contributed by atoms with Gasteiger partial charge in [0, 0.05) is 0 Å². The normalized spacial score (nSPS) is 21.5. The van der Waals surface area contributed by atoms with Gasteiger partial charge in [-0.1, -0.05) is 186 Å². The van der Waals surface area contributed by atoms with Crippen LogP contribution in [0.3, 0.4) is 0 Å². The van der Waals surface area contributed by atoms with Gasteiger partial charge in [0.2, 0.25) is 5.91 Å². The zero-order chi connectivity index (χ0) is 45.5.